The Bertz CT molecular complexity index is 531. The van der Waals surface area contributed by atoms with Crippen LogP contribution in [0.4, 0.5) is 0 Å². The van der Waals surface area contributed by atoms with Crippen LogP contribution in [-0.2, 0) is 14.6 Å². The van der Waals surface area contributed by atoms with Crippen molar-refractivity contribution in [2.24, 2.45) is 0 Å². The first kappa shape index (κ1) is 13.9. The predicted octanol–water partition coefficient (Wildman–Crippen LogP) is 1.95. The first-order valence-electron chi connectivity index (χ1n) is 4.60. The molecule has 0 unspecified atom stereocenters. The van der Waals surface area contributed by atoms with Gasteiger partial charge in [-0.15, -0.1) is 0 Å². The number of sulfone groups is 1. The Kier molecular flexibility index (Phi) is 4.47. The summed E-state index contributed by atoms with van der Waals surface area (Å²) in [4.78, 5) is 11.5. The average molecular weight is 319 g/mol. The molecular weight excluding hydrogens is 308 g/mol. The molecule has 0 amide bonds. The zero-order valence-electron chi connectivity index (χ0n) is 9.14. The van der Waals surface area contributed by atoms with Gasteiger partial charge >= 0.3 is 5.97 Å². The van der Waals surface area contributed by atoms with Gasteiger partial charge < -0.3 is 4.74 Å². The fraction of sp³-hybridized carbons (Fsp3) is 0.182. The smallest absolute Gasteiger partial charge is 0.339 e. The number of halogens is 1. The maximum absolute atomic E-state index is 11.4. The van der Waals surface area contributed by atoms with Crippen LogP contribution < -0.4 is 4.74 Å². The van der Waals surface area contributed by atoms with Crippen molar-refractivity contribution in [1.29, 1.82) is 0 Å². The van der Waals surface area contributed by atoms with Crippen molar-refractivity contribution in [2.45, 2.75) is 4.90 Å². The Hall–Kier alpha value is -1.14. The number of alkyl halides is 1. The van der Waals surface area contributed by atoms with Gasteiger partial charge in [-0.2, -0.15) is 0 Å². The molecule has 0 radical (unpaired) electrons. The molecular formula is C11H11BrO4S. The lowest BCUT2D eigenvalue weighted by molar-refractivity contribution is -0.130. The summed E-state index contributed by atoms with van der Waals surface area (Å²) in [7, 11) is -3.23. The van der Waals surface area contributed by atoms with Gasteiger partial charge in [-0.3, -0.25) is 0 Å². The predicted molar refractivity (Wildman–Crippen MR) is 68.1 cm³/mol. The van der Waals surface area contributed by atoms with Gasteiger partial charge in [0.15, 0.2) is 9.84 Å². The number of carbonyl (C=O) groups excluding carboxylic acids is 1. The zero-order chi connectivity index (χ0) is 13.1. The van der Waals surface area contributed by atoms with Crippen molar-refractivity contribution in [3.63, 3.8) is 0 Å². The summed E-state index contributed by atoms with van der Waals surface area (Å²) in [6.07, 6.45) is 1.11. The van der Waals surface area contributed by atoms with E-state index in [4.69, 9.17) is 4.74 Å². The van der Waals surface area contributed by atoms with Gasteiger partial charge in [0.25, 0.3) is 0 Å². The van der Waals surface area contributed by atoms with E-state index >= 15 is 0 Å². The summed E-state index contributed by atoms with van der Waals surface area (Å²) in [5, 5.41) is 0.327. The number of hydrogen-bond acceptors (Lipinski definition) is 4. The highest BCUT2D eigenvalue weighted by molar-refractivity contribution is 9.09. The molecule has 0 fully saturated rings. The van der Waals surface area contributed by atoms with Crippen LogP contribution in [0.3, 0.4) is 0 Å². The molecule has 0 aliphatic carbocycles. The second-order valence-corrected chi connectivity index (χ2v) is 5.95. The molecule has 0 heterocycles. The second kappa shape index (κ2) is 5.46. The molecule has 0 bridgehead atoms. The van der Waals surface area contributed by atoms with E-state index in [0.717, 1.165) is 6.26 Å². The lowest BCUT2D eigenvalue weighted by Gasteiger charge is -2.05. The van der Waals surface area contributed by atoms with E-state index in [1.54, 1.807) is 0 Å². The lowest BCUT2D eigenvalue weighted by atomic mass is 10.3. The van der Waals surface area contributed by atoms with Gasteiger partial charge in [0.1, 0.15) is 5.75 Å². The van der Waals surface area contributed by atoms with Crippen LogP contribution in [0.5, 0.6) is 5.75 Å². The van der Waals surface area contributed by atoms with Gasteiger partial charge in [-0.05, 0) is 24.3 Å². The Labute approximate surface area is 108 Å². The Morgan fingerprint density at radius 2 is 1.88 bits per heavy atom. The van der Waals surface area contributed by atoms with Gasteiger partial charge in [-0.1, -0.05) is 22.5 Å². The van der Waals surface area contributed by atoms with E-state index in [0.29, 0.717) is 5.33 Å². The van der Waals surface area contributed by atoms with Crippen LogP contribution in [0.1, 0.15) is 0 Å². The fourth-order valence-electron chi connectivity index (χ4n) is 0.989. The highest BCUT2D eigenvalue weighted by Crippen LogP contribution is 2.16. The Morgan fingerprint density at radius 1 is 1.35 bits per heavy atom. The number of hydrogen-bond donors (Lipinski definition) is 0. The molecule has 0 saturated heterocycles. The van der Waals surface area contributed by atoms with E-state index < -0.39 is 15.8 Å². The minimum atomic E-state index is -3.23. The SMILES string of the molecule is C=C(CBr)C(=O)Oc1ccc(S(C)(=O)=O)cc1. The third-order valence-corrected chi connectivity index (χ3v) is 3.72. The van der Waals surface area contributed by atoms with Gasteiger partial charge in [0.05, 0.1) is 4.90 Å². The molecule has 1 aromatic carbocycles. The van der Waals surface area contributed by atoms with E-state index in [2.05, 4.69) is 22.5 Å². The molecule has 4 nitrogen and oxygen atoms in total. The molecule has 0 saturated carbocycles. The number of carbonyl (C=O) groups is 1. The minimum absolute atomic E-state index is 0.177. The number of benzene rings is 1. The largest absolute Gasteiger partial charge is 0.423 e. The molecule has 0 atom stereocenters. The van der Waals surface area contributed by atoms with Gasteiger partial charge in [-0.25, -0.2) is 13.2 Å². The average Bonchev–Trinajstić information content (AvgIpc) is 2.27. The Morgan fingerprint density at radius 3 is 2.29 bits per heavy atom. The molecule has 17 heavy (non-hydrogen) atoms. The topological polar surface area (TPSA) is 60.4 Å². The van der Waals surface area contributed by atoms with Crippen molar-refractivity contribution in [2.75, 3.05) is 11.6 Å². The second-order valence-electron chi connectivity index (χ2n) is 3.37. The quantitative estimate of drug-likeness (QED) is 0.368. The highest BCUT2D eigenvalue weighted by Gasteiger charge is 2.10. The number of rotatable bonds is 4. The molecule has 0 aromatic heterocycles. The Balaban J connectivity index is 2.83. The van der Waals surface area contributed by atoms with Crippen molar-refractivity contribution < 1.29 is 17.9 Å². The first-order chi connectivity index (χ1) is 7.84. The molecule has 1 aromatic rings. The van der Waals surface area contributed by atoms with Gasteiger partial charge in [0, 0.05) is 17.2 Å². The van der Waals surface area contributed by atoms with Crippen molar-refractivity contribution in [3.05, 3.63) is 36.4 Å². The van der Waals surface area contributed by atoms with Crippen LogP contribution in [0, 0.1) is 0 Å². The molecule has 1 rings (SSSR count). The van der Waals surface area contributed by atoms with Gasteiger partial charge in [0.2, 0.25) is 0 Å². The number of esters is 1. The summed E-state index contributed by atoms with van der Waals surface area (Å²) < 4.78 is 27.4. The van der Waals surface area contributed by atoms with Crippen LogP contribution in [0.15, 0.2) is 41.3 Å². The van der Waals surface area contributed by atoms with Crippen molar-refractivity contribution in [1.82, 2.24) is 0 Å². The van der Waals surface area contributed by atoms with Crippen LogP contribution in [0.2, 0.25) is 0 Å². The summed E-state index contributed by atoms with van der Waals surface area (Å²) >= 11 is 3.09. The molecule has 0 spiro atoms. The van der Waals surface area contributed by atoms with E-state index in [1.165, 1.54) is 24.3 Å². The normalized spacial score (nSPS) is 10.9. The summed E-state index contributed by atoms with van der Waals surface area (Å²) in [5.74, 6) is -0.265. The monoisotopic (exact) mass is 318 g/mol. The zero-order valence-corrected chi connectivity index (χ0v) is 11.5. The highest BCUT2D eigenvalue weighted by atomic mass is 79.9. The van der Waals surface area contributed by atoms with Crippen molar-refractivity contribution >= 4 is 31.7 Å². The van der Waals surface area contributed by atoms with Crippen LogP contribution in [0.25, 0.3) is 0 Å². The number of ether oxygens (including phenoxy) is 1. The van der Waals surface area contributed by atoms with E-state index in [9.17, 15) is 13.2 Å². The van der Waals surface area contributed by atoms with E-state index in [1.807, 2.05) is 0 Å². The standard InChI is InChI=1S/C11H11BrO4S/c1-8(7-12)11(13)16-9-3-5-10(6-4-9)17(2,14)15/h3-6H,1,7H2,2H3. The maximum atomic E-state index is 11.4. The van der Waals surface area contributed by atoms with Crippen LogP contribution in [-0.4, -0.2) is 26.0 Å². The fourth-order valence-corrected chi connectivity index (χ4v) is 1.85. The first-order valence-corrected chi connectivity index (χ1v) is 7.62. The van der Waals surface area contributed by atoms with Crippen LogP contribution >= 0.6 is 15.9 Å². The third kappa shape index (κ3) is 3.98. The molecule has 0 aliphatic rings. The third-order valence-electron chi connectivity index (χ3n) is 1.91. The minimum Gasteiger partial charge on any atom is -0.423 e. The molecule has 92 valence electrons. The summed E-state index contributed by atoms with van der Waals surface area (Å²) in [6, 6.07) is 5.62. The van der Waals surface area contributed by atoms with Crippen molar-refractivity contribution in [3.8, 4) is 5.75 Å². The summed E-state index contributed by atoms with van der Waals surface area (Å²) in [5.41, 5.74) is 0.289. The van der Waals surface area contributed by atoms with E-state index in [-0.39, 0.29) is 16.2 Å². The lowest BCUT2D eigenvalue weighted by Crippen LogP contribution is -2.11. The summed E-state index contributed by atoms with van der Waals surface area (Å²) in [6.45, 7) is 3.51. The molecule has 0 N–H and O–H groups in total. The maximum Gasteiger partial charge on any atom is 0.339 e. The molecule has 0 aliphatic heterocycles. The molecule has 6 heteroatoms.